The van der Waals surface area contributed by atoms with Crippen LogP contribution in [0.3, 0.4) is 0 Å². The highest BCUT2D eigenvalue weighted by Crippen LogP contribution is 2.16. The van der Waals surface area contributed by atoms with Crippen molar-refractivity contribution in [2.45, 2.75) is 31.3 Å². The highest BCUT2D eigenvalue weighted by atomic mass is 32.2. The number of nitrogens with zero attached hydrogens (tertiary/aromatic N) is 1. The van der Waals surface area contributed by atoms with Gasteiger partial charge in [0.05, 0.1) is 4.90 Å². The number of benzene rings is 2. The molecule has 128 valence electrons. The Morgan fingerprint density at radius 2 is 1.58 bits per heavy atom. The van der Waals surface area contributed by atoms with Gasteiger partial charge in [-0.3, -0.25) is 4.79 Å². The average molecular weight is 349 g/mol. The van der Waals surface area contributed by atoms with Gasteiger partial charge in [0, 0.05) is 24.4 Å². The number of halogens is 1. The largest absolute Gasteiger partial charge is 0.332 e. The van der Waals surface area contributed by atoms with Crippen molar-refractivity contribution in [3.8, 4) is 0 Å². The molecule has 2 aromatic rings. The molecule has 0 aliphatic rings. The average Bonchev–Trinajstić information content (AvgIpc) is 2.52. The Hall–Kier alpha value is -2.21. The molecule has 0 aliphatic heterocycles. The molecule has 0 saturated carbocycles. The van der Waals surface area contributed by atoms with Gasteiger partial charge in [-0.25, -0.2) is 12.8 Å². The molecule has 0 atom stereocenters. The molecule has 0 spiro atoms. The Labute approximate surface area is 141 Å². The van der Waals surface area contributed by atoms with Crippen LogP contribution in [0.1, 0.15) is 29.8 Å². The van der Waals surface area contributed by atoms with E-state index in [1.807, 2.05) is 13.8 Å². The molecule has 2 rings (SSSR count). The smallest absolute Gasteiger partial charge is 0.254 e. The van der Waals surface area contributed by atoms with Gasteiger partial charge in [-0.15, -0.1) is 0 Å². The van der Waals surface area contributed by atoms with Gasteiger partial charge in [-0.2, -0.15) is 0 Å². The van der Waals surface area contributed by atoms with Crippen LogP contribution in [-0.4, -0.2) is 31.5 Å². The number of carbonyl (C=O) groups excluding carboxylic acids is 1. The molecule has 0 bridgehead atoms. The maximum Gasteiger partial charge on any atom is 0.254 e. The van der Waals surface area contributed by atoms with Crippen LogP contribution < -0.4 is 0 Å². The molecule has 0 aromatic heterocycles. The van der Waals surface area contributed by atoms with Crippen LogP contribution >= 0.6 is 0 Å². The molecule has 0 heterocycles. The van der Waals surface area contributed by atoms with Crippen molar-refractivity contribution < 1.29 is 17.6 Å². The number of hydrogen-bond acceptors (Lipinski definition) is 3. The van der Waals surface area contributed by atoms with Gasteiger partial charge in [-0.1, -0.05) is 12.1 Å². The Morgan fingerprint density at radius 1 is 1.04 bits per heavy atom. The molecule has 0 aliphatic carbocycles. The summed E-state index contributed by atoms with van der Waals surface area (Å²) in [6.07, 6.45) is 1.12. The Bertz CT molecular complexity index is 812. The van der Waals surface area contributed by atoms with E-state index in [-0.39, 0.29) is 22.7 Å². The van der Waals surface area contributed by atoms with Crippen molar-refractivity contribution in [2.24, 2.45) is 0 Å². The predicted molar refractivity (Wildman–Crippen MR) is 91.0 cm³/mol. The van der Waals surface area contributed by atoms with E-state index in [1.54, 1.807) is 17.0 Å². The molecular formula is C18H20FNO3S. The van der Waals surface area contributed by atoms with E-state index in [0.29, 0.717) is 12.1 Å². The first kappa shape index (κ1) is 18.1. The van der Waals surface area contributed by atoms with Crippen molar-refractivity contribution in [1.29, 1.82) is 0 Å². The summed E-state index contributed by atoms with van der Waals surface area (Å²) < 4.78 is 36.0. The zero-order chi connectivity index (χ0) is 17.9. The summed E-state index contributed by atoms with van der Waals surface area (Å²) in [6.45, 7) is 4.14. The van der Waals surface area contributed by atoms with Gasteiger partial charge in [0.2, 0.25) is 0 Å². The maximum absolute atomic E-state index is 13.0. The third-order valence-corrected chi connectivity index (χ3v) is 4.81. The van der Waals surface area contributed by atoms with E-state index >= 15 is 0 Å². The predicted octanol–water partition coefficient (Wildman–Crippen LogP) is 3.28. The highest BCUT2D eigenvalue weighted by molar-refractivity contribution is 7.90. The summed E-state index contributed by atoms with van der Waals surface area (Å²) in [4.78, 5) is 14.6. The normalized spacial score (nSPS) is 11.5. The molecule has 0 unspecified atom stereocenters. The summed E-state index contributed by atoms with van der Waals surface area (Å²) in [5, 5.41) is 0. The van der Waals surface area contributed by atoms with Gasteiger partial charge >= 0.3 is 0 Å². The second kappa shape index (κ2) is 7.13. The van der Waals surface area contributed by atoms with Crippen LogP contribution in [-0.2, 0) is 16.4 Å². The Morgan fingerprint density at radius 3 is 2.04 bits per heavy atom. The molecule has 2 aromatic carbocycles. The van der Waals surface area contributed by atoms with Crippen molar-refractivity contribution in [1.82, 2.24) is 4.90 Å². The number of amides is 1. The zero-order valence-electron chi connectivity index (χ0n) is 13.9. The highest BCUT2D eigenvalue weighted by Gasteiger charge is 2.19. The molecule has 0 radical (unpaired) electrons. The van der Waals surface area contributed by atoms with Crippen LogP contribution in [0, 0.1) is 5.82 Å². The number of hydrogen-bond donors (Lipinski definition) is 0. The van der Waals surface area contributed by atoms with Crippen molar-refractivity contribution in [3.63, 3.8) is 0 Å². The number of sulfone groups is 1. The fourth-order valence-corrected chi connectivity index (χ4v) is 2.92. The Kier molecular flexibility index (Phi) is 5.39. The van der Waals surface area contributed by atoms with Gasteiger partial charge in [0.15, 0.2) is 9.84 Å². The van der Waals surface area contributed by atoms with Gasteiger partial charge in [0.1, 0.15) is 5.82 Å². The van der Waals surface area contributed by atoms with Crippen LogP contribution in [0.5, 0.6) is 0 Å². The maximum atomic E-state index is 13.0. The lowest BCUT2D eigenvalue weighted by Crippen LogP contribution is -2.36. The zero-order valence-corrected chi connectivity index (χ0v) is 14.7. The standard InChI is InChI=1S/C18H20FNO3S/c1-13(2)20(12-14-4-8-16(19)9-5-14)18(21)15-6-10-17(11-7-15)24(3,22)23/h4-11,13H,12H2,1-3H3. The second-order valence-electron chi connectivity index (χ2n) is 5.95. The third kappa shape index (κ3) is 4.41. The minimum atomic E-state index is -3.29. The summed E-state index contributed by atoms with van der Waals surface area (Å²) in [5.74, 6) is -0.521. The van der Waals surface area contributed by atoms with Crippen LogP contribution in [0.25, 0.3) is 0 Å². The monoisotopic (exact) mass is 349 g/mol. The third-order valence-electron chi connectivity index (χ3n) is 3.68. The SMILES string of the molecule is CC(C)N(Cc1ccc(F)cc1)C(=O)c1ccc(S(C)(=O)=O)cc1. The fourth-order valence-electron chi connectivity index (χ4n) is 2.29. The minimum Gasteiger partial charge on any atom is -0.332 e. The van der Waals surface area contributed by atoms with Crippen LogP contribution in [0.4, 0.5) is 4.39 Å². The first-order chi connectivity index (χ1) is 11.2. The first-order valence-electron chi connectivity index (χ1n) is 7.54. The van der Waals surface area contributed by atoms with Crippen LogP contribution in [0.15, 0.2) is 53.4 Å². The van der Waals surface area contributed by atoms with E-state index < -0.39 is 9.84 Å². The molecular weight excluding hydrogens is 329 g/mol. The summed E-state index contributed by atoms with van der Waals surface area (Å²) in [5.41, 5.74) is 1.24. The van der Waals surface area contributed by atoms with Crippen LogP contribution in [0.2, 0.25) is 0 Å². The second-order valence-corrected chi connectivity index (χ2v) is 7.97. The van der Waals surface area contributed by atoms with E-state index in [1.165, 1.54) is 36.4 Å². The van der Waals surface area contributed by atoms with Gasteiger partial charge < -0.3 is 4.90 Å². The molecule has 0 N–H and O–H groups in total. The minimum absolute atomic E-state index is 0.0582. The lowest BCUT2D eigenvalue weighted by atomic mass is 10.1. The number of rotatable bonds is 5. The number of carbonyl (C=O) groups is 1. The van der Waals surface area contributed by atoms with E-state index in [9.17, 15) is 17.6 Å². The summed E-state index contributed by atoms with van der Waals surface area (Å²) >= 11 is 0. The summed E-state index contributed by atoms with van der Waals surface area (Å²) in [7, 11) is -3.29. The van der Waals surface area contributed by atoms with E-state index in [2.05, 4.69) is 0 Å². The summed E-state index contributed by atoms with van der Waals surface area (Å²) in [6, 6.07) is 11.8. The van der Waals surface area contributed by atoms with Crippen molar-refractivity contribution in [2.75, 3.05) is 6.26 Å². The molecule has 1 amide bonds. The molecule has 0 fully saturated rings. The quantitative estimate of drug-likeness (QED) is 0.832. The lowest BCUT2D eigenvalue weighted by Gasteiger charge is -2.27. The van der Waals surface area contributed by atoms with Gasteiger partial charge in [-0.05, 0) is 55.8 Å². The van der Waals surface area contributed by atoms with E-state index in [0.717, 1.165) is 11.8 Å². The molecule has 4 nitrogen and oxygen atoms in total. The fraction of sp³-hybridized carbons (Fsp3) is 0.278. The van der Waals surface area contributed by atoms with Crippen molar-refractivity contribution in [3.05, 3.63) is 65.5 Å². The molecule has 0 saturated heterocycles. The lowest BCUT2D eigenvalue weighted by molar-refractivity contribution is 0.0690. The molecule has 6 heteroatoms. The Balaban J connectivity index is 2.24. The van der Waals surface area contributed by atoms with Crippen molar-refractivity contribution >= 4 is 15.7 Å². The topological polar surface area (TPSA) is 54.5 Å². The molecule has 24 heavy (non-hydrogen) atoms. The first-order valence-corrected chi connectivity index (χ1v) is 9.43. The van der Waals surface area contributed by atoms with Gasteiger partial charge in [0.25, 0.3) is 5.91 Å². The van der Waals surface area contributed by atoms with E-state index in [4.69, 9.17) is 0 Å².